The van der Waals surface area contributed by atoms with Crippen LogP contribution in [-0.4, -0.2) is 46.5 Å². The second-order valence-electron chi connectivity index (χ2n) is 5.95. The summed E-state index contributed by atoms with van der Waals surface area (Å²) in [6.07, 6.45) is 4.78. The van der Waals surface area contributed by atoms with Crippen LogP contribution in [0.25, 0.3) is 5.95 Å². The van der Waals surface area contributed by atoms with Gasteiger partial charge in [-0.1, -0.05) is 0 Å². The first-order chi connectivity index (χ1) is 12.6. The number of methoxy groups -OCH3 is 2. The summed E-state index contributed by atoms with van der Waals surface area (Å²) < 4.78 is 11.3. The number of hydrogen-bond acceptors (Lipinski definition) is 7. The van der Waals surface area contributed by atoms with Crippen LogP contribution in [0.1, 0.15) is 46.9 Å². The molecule has 0 saturated carbocycles. The largest absolute Gasteiger partial charge is 0.469 e. The molecule has 2 aromatic rings. The Morgan fingerprint density at radius 3 is 2.58 bits per heavy atom. The van der Waals surface area contributed by atoms with Gasteiger partial charge >= 0.3 is 11.9 Å². The Morgan fingerprint density at radius 2 is 1.92 bits per heavy atom. The molecule has 2 aromatic heterocycles. The predicted molar refractivity (Wildman–Crippen MR) is 90.0 cm³/mol. The van der Waals surface area contributed by atoms with Gasteiger partial charge in [-0.3, -0.25) is 19.0 Å². The van der Waals surface area contributed by atoms with Crippen LogP contribution >= 0.6 is 0 Å². The number of aromatic nitrogens is 3. The van der Waals surface area contributed by atoms with E-state index in [1.807, 2.05) is 0 Å². The summed E-state index contributed by atoms with van der Waals surface area (Å²) in [4.78, 5) is 45.1. The molecule has 0 fully saturated rings. The molecule has 1 atom stereocenters. The minimum absolute atomic E-state index is 0.00358. The minimum Gasteiger partial charge on any atom is -0.469 e. The van der Waals surface area contributed by atoms with Gasteiger partial charge in [-0.05, 0) is 25.0 Å². The van der Waals surface area contributed by atoms with E-state index in [2.05, 4.69) is 9.97 Å². The van der Waals surface area contributed by atoms with Gasteiger partial charge in [0.05, 0.1) is 20.6 Å². The van der Waals surface area contributed by atoms with Crippen molar-refractivity contribution in [2.75, 3.05) is 14.2 Å². The van der Waals surface area contributed by atoms with Crippen molar-refractivity contribution in [1.29, 1.82) is 0 Å². The zero-order valence-electron chi connectivity index (χ0n) is 14.6. The van der Waals surface area contributed by atoms with E-state index in [-0.39, 0.29) is 12.2 Å². The molecule has 0 saturated heterocycles. The number of ether oxygens (including phenoxy) is 2. The van der Waals surface area contributed by atoms with E-state index in [1.165, 1.54) is 14.2 Å². The summed E-state index contributed by atoms with van der Waals surface area (Å²) in [6, 6.07) is 3.33. The summed E-state index contributed by atoms with van der Waals surface area (Å²) in [5.74, 6) is -1.71. The van der Waals surface area contributed by atoms with Crippen molar-refractivity contribution in [2.24, 2.45) is 0 Å². The Hall–Kier alpha value is -3.03. The molecule has 0 spiro atoms. The number of esters is 2. The summed E-state index contributed by atoms with van der Waals surface area (Å²) in [5.41, 5.74) is 1.74. The highest BCUT2D eigenvalue weighted by molar-refractivity contribution is 5.99. The molecule has 0 N–H and O–H groups in total. The Labute approximate surface area is 150 Å². The van der Waals surface area contributed by atoms with Crippen LogP contribution < -0.4 is 0 Å². The number of Topliss-reactive ketones (excluding diaryl/α,β-unsaturated/α-hetero) is 1. The summed E-state index contributed by atoms with van der Waals surface area (Å²) >= 11 is 0. The second-order valence-corrected chi connectivity index (χ2v) is 5.95. The average molecular weight is 357 g/mol. The van der Waals surface area contributed by atoms with Crippen LogP contribution in [0.3, 0.4) is 0 Å². The highest BCUT2D eigenvalue weighted by Crippen LogP contribution is 2.33. The van der Waals surface area contributed by atoms with Crippen molar-refractivity contribution < 1.29 is 23.9 Å². The maximum Gasteiger partial charge on any atom is 0.315 e. The van der Waals surface area contributed by atoms with Gasteiger partial charge in [0.1, 0.15) is 5.92 Å². The Kier molecular flexibility index (Phi) is 5.11. The molecule has 0 amide bonds. The number of carbonyl (C=O) groups is 3. The SMILES string of the molecule is COC(=O)C[C@@H](C(=O)OC)c1cc2c(n1-c1ncccn1)CCCC2=O. The highest BCUT2D eigenvalue weighted by atomic mass is 16.5. The molecule has 0 radical (unpaired) electrons. The maximum absolute atomic E-state index is 12.4. The van der Waals surface area contributed by atoms with Crippen molar-refractivity contribution in [3.8, 4) is 5.95 Å². The molecule has 136 valence electrons. The van der Waals surface area contributed by atoms with Crippen LogP contribution in [0.15, 0.2) is 24.5 Å². The number of rotatable bonds is 5. The zero-order chi connectivity index (χ0) is 18.7. The fourth-order valence-electron chi connectivity index (χ4n) is 3.21. The van der Waals surface area contributed by atoms with E-state index in [4.69, 9.17) is 9.47 Å². The fraction of sp³-hybridized carbons (Fsp3) is 0.389. The zero-order valence-corrected chi connectivity index (χ0v) is 14.6. The monoisotopic (exact) mass is 357 g/mol. The lowest BCUT2D eigenvalue weighted by Gasteiger charge is -2.18. The molecule has 0 aliphatic heterocycles. The van der Waals surface area contributed by atoms with Gasteiger partial charge in [-0.25, -0.2) is 9.97 Å². The molecular formula is C18H19N3O5. The molecule has 1 aliphatic rings. The van der Waals surface area contributed by atoms with Crippen molar-refractivity contribution >= 4 is 17.7 Å². The number of hydrogen-bond donors (Lipinski definition) is 0. The first kappa shape index (κ1) is 17.8. The number of carbonyl (C=O) groups excluding carboxylic acids is 3. The van der Waals surface area contributed by atoms with Crippen LogP contribution in [-0.2, 0) is 25.5 Å². The van der Waals surface area contributed by atoms with Gasteiger partial charge in [0, 0.05) is 35.8 Å². The van der Waals surface area contributed by atoms with E-state index in [1.54, 1.807) is 29.1 Å². The van der Waals surface area contributed by atoms with Crippen molar-refractivity contribution in [3.63, 3.8) is 0 Å². The minimum atomic E-state index is -0.922. The van der Waals surface area contributed by atoms with Gasteiger partial charge in [-0.2, -0.15) is 0 Å². The predicted octanol–water partition coefficient (Wildman–Crippen LogP) is 1.61. The van der Waals surface area contributed by atoms with Gasteiger partial charge in [0.15, 0.2) is 5.78 Å². The quantitative estimate of drug-likeness (QED) is 0.749. The third-order valence-electron chi connectivity index (χ3n) is 4.44. The van der Waals surface area contributed by atoms with Crippen LogP contribution in [0.2, 0.25) is 0 Å². The van der Waals surface area contributed by atoms with Crippen LogP contribution in [0.5, 0.6) is 0 Å². The van der Waals surface area contributed by atoms with E-state index in [0.717, 1.165) is 5.69 Å². The van der Waals surface area contributed by atoms with Gasteiger partial charge in [-0.15, -0.1) is 0 Å². The van der Waals surface area contributed by atoms with Crippen molar-refractivity contribution in [1.82, 2.24) is 14.5 Å². The van der Waals surface area contributed by atoms with E-state index in [0.29, 0.717) is 36.5 Å². The molecule has 0 unspecified atom stereocenters. The smallest absolute Gasteiger partial charge is 0.315 e. The molecule has 3 rings (SSSR count). The number of nitrogens with zero attached hydrogens (tertiary/aromatic N) is 3. The maximum atomic E-state index is 12.4. The second kappa shape index (κ2) is 7.47. The van der Waals surface area contributed by atoms with Gasteiger partial charge < -0.3 is 9.47 Å². The summed E-state index contributed by atoms with van der Waals surface area (Å²) in [5, 5.41) is 0. The molecule has 1 aliphatic carbocycles. The lowest BCUT2D eigenvalue weighted by atomic mass is 9.95. The van der Waals surface area contributed by atoms with E-state index in [9.17, 15) is 14.4 Å². The third kappa shape index (κ3) is 3.22. The average Bonchev–Trinajstić information content (AvgIpc) is 3.06. The molecule has 0 aromatic carbocycles. The van der Waals surface area contributed by atoms with Crippen LogP contribution in [0, 0.1) is 0 Å². The van der Waals surface area contributed by atoms with Gasteiger partial charge in [0.25, 0.3) is 0 Å². The first-order valence-corrected chi connectivity index (χ1v) is 8.26. The Bertz CT molecular complexity index is 844. The highest BCUT2D eigenvalue weighted by Gasteiger charge is 2.34. The van der Waals surface area contributed by atoms with E-state index >= 15 is 0 Å². The number of fused-ring (bicyclic) bond motifs is 1. The Morgan fingerprint density at radius 1 is 1.19 bits per heavy atom. The lowest BCUT2D eigenvalue weighted by Crippen LogP contribution is -2.22. The first-order valence-electron chi connectivity index (χ1n) is 8.26. The fourth-order valence-corrected chi connectivity index (χ4v) is 3.21. The number of ketones is 1. The molecule has 2 heterocycles. The lowest BCUT2D eigenvalue weighted by molar-refractivity contribution is -0.149. The van der Waals surface area contributed by atoms with E-state index < -0.39 is 17.9 Å². The van der Waals surface area contributed by atoms with Crippen molar-refractivity contribution in [2.45, 2.75) is 31.6 Å². The molecule has 8 heteroatoms. The summed E-state index contributed by atoms with van der Waals surface area (Å²) in [6.45, 7) is 0. The standard InChI is InChI=1S/C18H19N3O5/c1-25-16(23)10-12(17(24)26-2)14-9-11-13(5-3-6-15(11)22)21(14)18-19-7-4-8-20-18/h4,7-9,12H,3,5-6,10H2,1-2H3/t12-/m1/s1. The topological polar surface area (TPSA) is 100 Å². The molecule has 8 nitrogen and oxygen atoms in total. The normalized spacial score (nSPS) is 14.5. The van der Waals surface area contributed by atoms with Gasteiger partial charge in [0.2, 0.25) is 5.95 Å². The molecule has 26 heavy (non-hydrogen) atoms. The Balaban J connectivity index is 2.20. The van der Waals surface area contributed by atoms with Crippen LogP contribution in [0.4, 0.5) is 0 Å². The van der Waals surface area contributed by atoms with Crippen molar-refractivity contribution in [3.05, 3.63) is 41.5 Å². The summed E-state index contributed by atoms with van der Waals surface area (Å²) in [7, 11) is 2.51. The molecule has 0 bridgehead atoms. The third-order valence-corrected chi connectivity index (χ3v) is 4.44. The molecular weight excluding hydrogens is 338 g/mol.